The molecule has 0 spiro atoms. The van der Waals surface area contributed by atoms with Gasteiger partial charge in [0.1, 0.15) is 25.6 Å². The zero-order valence-corrected chi connectivity index (χ0v) is 18.1. The van der Waals surface area contributed by atoms with E-state index in [4.69, 9.17) is 18.9 Å². The molecule has 4 rings (SSSR count). The van der Waals surface area contributed by atoms with Gasteiger partial charge >= 0.3 is 5.97 Å². The van der Waals surface area contributed by atoms with Crippen molar-refractivity contribution in [3.8, 4) is 17.2 Å². The minimum absolute atomic E-state index is 0.0449. The van der Waals surface area contributed by atoms with Gasteiger partial charge < -0.3 is 18.9 Å². The van der Waals surface area contributed by atoms with Crippen molar-refractivity contribution < 1.29 is 32.2 Å². The Morgan fingerprint density at radius 2 is 1.72 bits per heavy atom. The highest BCUT2D eigenvalue weighted by atomic mass is 32.2. The lowest BCUT2D eigenvalue weighted by molar-refractivity contribution is 0.0472. The molecule has 1 N–H and O–H groups in total. The van der Waals surface area contributed by atoms with Gasteiger partial charge in [-0.25, -0.2) is 13.2 Å². The number of carbonyl (C=O) groups is 1. The number of fused-ring (bicyclic) bond motifs is 1. The molecule has 0 saturated heterocycles. The first-order chi connectivity index (χ1) is 15.4. The second-order valence-electron chi connectivity index (χ2n) is 6.92. The van der Waals surface area contributed by atoms with Crippen molar-refractivity contribution in [3.63, 3.8) is 0 Å². The summed E-state index contributed by atoms with van der Waals surface area (Å²) in [6, 6.07) is 17.6. The van der Waals surface area contributed by atoms with Crippen LogP contribution in [0.4, 0.5) is 5.69 Å². The monoisotopic (exact) mass is 455 g/mol. The normalized spacial score (nSPS) is 12.7. The molecule has 0 radical (unpaired) electrons. The van der Waals surface area contributed by atoms with E-state index in [2.05, 4.69) is 4.72 Å². The summed E-state index contributed by atoms with van der Waals surface area (Å²) >= 11 is 0. The van der Waals surface area contributed by atoms with Crippen LogP contribution in [-0.2, 0) is 21.4 Å². The van der Waals surface area contributed by atoms with Gasteiger partial charge in [-0.1, -0.05) is 12.1 Å². The van der Waals surface area contributed by atoms with Gasteiger partial charge in [-0.2, -0.15) is 0 Å². The third kappa shape index (κ3) is 4.94. The number of anilines is 1. The van der Waals surface area contributed by atoms with Crippen LogP contribution < -0.4 is 18.9 Å². The van der Waals surface area contributed by atoms with E-state index in [1.165, 1.54) is 36.4 Å². The number of nitrogens with one attached hydrogen (secondary N) is 1. The van der Waals surface area contributed by atoms with E-state index >= 15 is 0 Å². The van der Waals surface area contributed by atoms with E-state index < -0.39 is 16.0 Å². The number of ether oxygens (including phenoxy) is 4. The molecule has 0 fully saturated rings. The number of benzene rings is 3. The van der Waals surface area contributed by atoms with Crippen molar-refractivity contribution in [2.45, 2.75) is 11.5 Å². The minimum atomic E-state index is -3.85. The number of methoxy groups -OCH3 is 1. The van der Waals surface area contributed by atoms with E-state index in [1.54, 1.807) is 25.3 Å². The van der Waals surface area contributed by atoms with Crippen LogP contribution in [0.25, 0.3) is 0 Å². The molecule has 1 aliphatic rings. The molecule has 0 aliphatic carbocycles. The fraction of sp³-hybridized carbons (Fsp3) is 0.174. The predicted molar refractivity (Wildman–Crippen MR) is 117 cm³/mol. The van der Waals surface area contributed by atoms with Crippen LogP contribution in [0.1, 0.15) is 15.9 Å². The van der Waals surface area contributed by atoms with Crippen molar-refractivity contribution in [2.75, 3.05) is 25.0 Å². The Labute approximate surface area is 185 Å². The number of hydrogen-bond acceptors (Lipinski definition) is 7. The highest BCUT2D eigenvalue weighted by molar-refractivity contribution is 7.92. The van der Waals surface area contributed by atoms with Crippen molar-refractivity contribution in [2.24, 2.45) is 0 Å². The maximum absolute atomic E-state index is 12.7. The Balaban J connectivity index is 1.40. The summed E-state index contributed by atoms with van der Waals surface area (Å²) in [7, 11) is -2.28. The quantitative estimate of drug-likeness (QED) is 0.543. The van der Waals surface area contributed by atoms with Crippen LogP contribution in [-0.4, -0.2) is 34.7 Å². The molecule has 1 aliphatic heterocycles. The van der Waals surface area contributed by atoms with E-state index in [0.717, 1.165) is 5.56 Å². The molecule has 8 nitrogen and oxygen atoms in total. The van der Waals surface area contributed by atoms with Crippen LogP contribution in [0.2, 0.25) is 0 Å². The molecule has 0 unspecified atom stereocenters. The number of hydrogen-bond donors (Lipinski definition) is 1. The third-order valence-electron chi connectivity index (χ3n) is 4.70. The molecular formula is C23H21NO7S. The zero-order chi connectivity index (χ0) is 22.6. The van der Waals surface area contributed by atoms with Crippen LogP contribution in [0.15, 0.2) is 71.6 Å². The molecule has 0 aromatic heterocycles. The molecule has 166 valence electrons. The summed E-state index contributed by atoms with van der Waals surface area (Å²) in [4.78, 5) is 12.4. The summed E-state index contributed by atoms with van der Waals surface area (Å²) < 4.78 is 49.2. The second-order valence-corrected chi connectivity index (χ2v) is 8.60. The predicted octanol–water partition coefficient (Wildman–Crippen LogP) is 3.62. The van der Waals surface area contributed by atoms with Crippen LogP contribution in [0.3, 0.4) is 0 Å². The van der Waals surface area contributed by atoms with Gasteiger partial charge in [0.2, 0.25) is 0 Å². The van der Waals surface area contributed by atoms with E-state index in [-0.39, 0.29) is 11.5 Å². The molecule has 0 atom stereocenters. The number of sulfonamides is 1. The highest BCUT2D eigenvalue weighted by Crippen LogP contribution is 2.32. The SMILES string of the molecule is COc1cccc(COC(=O)c2ccc(NS(=O)(=O)c3ccc4c(c3)OCCO4)cc2)c1. The fourth-order valence-electron chi connectivity index (χ4n) is 3.07. The van der Waals surface area contributed by atoms with Crippen LogP contribution >= 0.6 is 0 Å². The van der Waals surface area contributed by atoms with E-state index in [1.807, 2.05) is 12.1 Å². The molecule has 0 bridgehead atoms. The summed E-state index contributed by atoms with van der Waals surface area (Å²) in [6.07, 6.45) is 0. The average molecular weight is 455 g/mol. The first-order valence-electron chi connectivity index (χ1n) is 9.77. The van der Waals surface area contributed by atoms with Crippen LogP contribution in [0, 0.1) is 0 Å². The van der Waals surface area contributed by atoms with Crippen molar-refractivity contribution in [1.29, 1.82) is 0 Å². The van der Waals surface area contributed by atoms with Gasteiger partial charge in [0, 0.05) is 11.8 Å². The molecule has 3 aromatic carbocycles. The van der Waals surface area contributed by atoms with Gasteiger partial charge in [-0.3, -0.25) is 4.72 Å². The standard InChI is InChI=1S/C23H21NO7S/c1-28-19-4-2-3-16(13-19)15-31-23(25)17-5-7-18(8-6-17)24-32(26,27)20-9-10-21-22(14-20)30-12-11-29-21/h2-10,13-14,24H,11-12,15H2,1H3. The Bertz CT molecular complexity index is 1220. The Kier molecular flexibility index (Phi) is 6.18. The van der Waals surface area contributed by atoms with Crippen molar-refractivity contribution in [1.82, 2.24) is 0 Å². The lowest BCUT2D eigenvalue weighted by Gasteiger charge is -2.19. The third-order valence-corrected chi connectivity index (χ3v) is 6.08. The number of rotatable bonds is 7. The fourth-order valence-corrected chi connectivity index (χ4v) is 4.15. The summed E-state index contributed by atoms with van der Waals surface area (Å²) in [5, 5.41) is 0. The van der Waals surface area contributed by atoms with E-state index in [0.29, 0.717) is 41.7 Å². The van der Waals surface area contributed by atoms with Crippen molar-refractivity contribution in [3.05, 3.63) is 77.9 Å². The Morgan fingerprint density at radius 3 is 2.47 bits per heavy atom. The van der Waals surface area contributed by atoms with Gasteiger partial charge in [-0.15, -0.1) is 0 Å². The average Bonchev–Trinajstić information content (AvgIpc) is 2.82. The first-order valence-corrected chi connectivity index (χ1v) is 11.3. The number of carbonyl (C=O) groups excluding carboxylic acids is 1. The lowest BCUT2D eigenvalue weighted by atomic mass is 10.2. The smallest absolute Gasteiger partial charge is 0.338 e. The summed E-state index contributed by atoms with van der Waals surface area (Å²) in [5.74, 6) is 1.04. The first kappa shape index (κ1) is 21.5. The molecule has 1 heterocycles. The minimum Gasteiger partial charge on any atom is -0.497 e. The second kappa shape index (κ2) is 9.19. The summed E-state index contributed by atoms with van der Waals surface area (Å²) in [6.45, 7) is 0.875. The molecule has 0 amide bonds. The molecule has 32 heavy (non-hydrogen) atoms. The van der Waals surface area contributed by atoms with Gasteiger partial charge in [0.15, 0.2) is 11.5 Å². The van der Waals surface area contributed by atoms with E-state index in [9.17, 15) is 13.2 Å². The Morgan fingerprint density at radius 1 is 0.969 bits per heavy atom. The van der Waals surface area contributed by atoms with Crippen LogP contribution in [0.5, 0.6) is 17.2 Å². The van der Waals surface area contributed by atoms with Gasteiger partial charge in [0.25, 0.3) is 10.0 Å². The maximum atomic E-state index is 12.7. The largest absolute Gasteiger partial charge is 0.497 e. The van der Waals surface area contributed by atoms with Crippen molar-refractivity contribution >= 4 is 21.7 Å². The molecule has 3 aromatic rings. The molecular weight excluding hydrogens is 434 g/mol. The molecule has 9 heteroatoms. The lowest BCUT2D eigenvalue weighted by Crippen LogP contribution is -2.17. The summed E-state index contributed by atoms with van der Waals surface area (Å²) in [5.41, 5.74) is 1.40. The number of esters is 1. The van der Waals surface area contributed by atoms with Gasteiger partial charge in [-0.05, 0) is 54.1 Å². The zero-order valence-electron chi connectivity index (χ0n) is 17.2. The highest BCUT2D eigenvalue weighted by Gasteiger charge is 2.20. The van der Waals surface area contributed by atoms with Gasteiger partial charge in [0.05, 0.1) is 17.6 Å². The maximum Gasteiger partial charge on any atom is 0.338 e. The topological polar surface area (TPSA) is 100 Å². The Hall–Kier alpha value is -3.72. The molecule has 0 saturated carbocycles.